The van der Waals surface area contributed by atoms with Crippen molar-refractivity contribution in [1.29, 1.82) is 0 Å². The number of hydrogen-bond acceptors (Lipinski definition) is 4. The van der Waals surface area contributed by atoms with Gasteiger partial charge in [0.25, 0.3) is 0 Å². The van der Waals surface area contributed by atoms with Gasteiger partial charge in [-0.05, 0) is 84.6 Å². The molecule has 2 aliphatic rings. The van der Waals surface area contributed by atoms with E-state index in [1.807, 2.05) is 0 Å². The number of hydrogen-bond donors (Lipinski definition) is 1. The zero-order chi connectivity index (χ0) is 26.3. The zero-order valence-corrected chi connectivity index (χ0v) is 22.6. The van der Waals surface area contributed by atoms with E-state index in [-0.39, 0.29) is 22.2 Å². The SMILES string of the molecule is CC(C)N1CCN(c2cc(C(=O)/C=C/c3ccc(C(=O)O)cc3)cc3c2C(C)(C)CCC3(C)C)CC1. The maximum absolute atomic E-state index is 13.4. The van der Waals surface area contributed by atoms with Gasteiger partial charge in [0.05, 0.1) is 5.56 Å². The average molecular weight is 489 g/mol. The molecular weight excluding hydrogens is 448 g/mol. The fourth-order valence-corrected chi connectivity index (χ4v) is 5.63. The van der Waals surface area contributed by atoms with Crippen LogP contribution in [0.2, 0.25) is 0 Å². The fourth-order valence-electron chi connectivity index (χ4n) is 5.63. The van der Waals surface area contributed by atoms with E-state index < -0.39 is 5.97 Å². The summed E-state index contributed by atoms with van der Waals surface area (Å²) >= 11 is 0. The lowest BCUT2D eigenvalue weighted by molar-refractivity contribution is 0.0696. The van der Waals surface area contributed by atoms with Gasteiger partial charge in [-0.15, -0.1) is 0 Å². The summed E-state index contributed by atoms with van der Waals surface area (Å²) in [6.07, 6.45) is 5.60. The third kappa shape index (κ3) is 5.27. The number of carboxylic acid groups (broad SMARTS) is 1. The topological polar surface area (TPSA) is 60.9 Å². The minimum Gasteiger partial charge on any atom is -0.478 e. The van der Waals surface area contributed by atoms with Crippen LogP contribution in [0, 0.1) is 0 Å². The Hall–Kier alpha value is -2.92. The van der Waals surface area contributed by atoms with Crippen LogP contribution in [0.3, 0.4) is 0 Å². The minimum atomic E-state index is -0.956. The normalized spacial score (nSPS) is 19.5. The minimum absolute atomic E-state index is 0.00598. The van der Waals surface area contributed by atoms with Crippen molar-refractivity contribution in [3.05, 3.63) is 70.3 Å². The van der Waals surface area contributed by atoms with Gasteiger partial charge in [-0.3, -0.25) is 9.69 Å². The molecule has 0 spiro atoms. The van der Waals surface area contributed by atoms with Crippen LogP contribution < -0.4 is 4.90 Å². The van der Waals surface area contributed by atoms with Gasteiger partial charge < -0.3 is 10.0 Å². The predicted molar refractivity (Wildman–Crippen MR) is 147 cm³/mol. The highest BCUT2D eigenvalue weighted by atomic mass is 16.4. The molecule has 0 aromatic heterocycles. The Morgan fingerprint density at radius 3 is 2.08 bits per heavy atom. The van der Waals surface area contributed by atoms with E-state index in [1.54, 1.807) is 36.4 Å². The monoisotopic (exact) mass is 488 g/mol. The molecule has 0 atom stereocenters. The van der Waals surface area contributed by atoms with E-state index in [4.69, 9.17) is 5.11 Å². The summed E-state index contributed by atoms with van der Waals surface area (Å²) in [5.41, 5.74) is 5.74. The van der Waals surface area contributed by atoms with Crippen LogP contribution in [0.5, 0.6) is 0 Å². The van der Waals surface area contributed by atoms with Crippen molar-refractivity contribution in [3.63, 3.8) is 0 Å². The molecule has 2 aromatic carbocycles. The van der Waals surface area contributed by atoms with Gasteiger partial charge >= 0.3 is 5.97 Å². The van der Waals surface area contributed by atoms with E-state index in [2.05, 4.69) is 63.5 Å². The molecule has 0 amide bonds. The van der Waals surface area contributed by atoms with Crippen molar-refractivity contribution in [2.24, 2.45) is 0 Å². The van der Waals surface area contributed by atoms with E-state index in [0.29, 0.717) is 6.04 Å². The molecule has 2 aromatic rings. The summed E-state index contributed by atoms with van der Waals surface area (Å²) in [6, 6.07) is 11.4. The Labute approximate surface area is 215 Å². The van der Waals surface area contributed by atoms with E-state index >= 15 is 0 Å². The number of benzene rings is 2. The molecule has 0 bridgehead atoms. The molecule has 5 heteroatoms. The number of piperazine rings is 1. The Morgan fingerprint density at radius 2 is 1.50 bits per heavy atom. The van der Waals surface area contributed by atoms with Gasteiger partial charge in [0, 0.05) is 43.5 Å². The second-order valence-corrected chi connectivity index (χ2v) is 11.9. The van der Waals surface area contributed by atoms with Crippen LogP contribution in [0.4, 0.5) is 5.69 Å². The first kappa shape index (κ1) is 26.2. The van der Waals surface area contributed by atoms with Crippen LogP contribution in [-0.4, -0.2) is 54.0 Å². The average Bonchev–Trinajstić information content (AvgIpc) is 2.85. The molecule has 1 aliphatic carbocycles. The number of carbonyl (C=O) groups is 2. The van der Waals surface area contributed by atoms with Gasteiger partial charge in [0.2, 0.25) is 0 Å². The Kier molecular flexibility index (Phi) is 7.16. The molecule has 1 N–H and O–H groups in total. The van der Waals surface area contributed by atoms with Gasteiger partial charge in [0.1, 0.15) is 0 Å². The first-order valence-corrected chi connectivity index (χ1v) is 13.1. The second-order valence-electron chi connectivity index (χ2n) is 11.9. The lowest BCUT2D eigenvalue weighted by Gasteiger charge is -2.46. The van der Waals surface area contributed by atoms with Crippen molar-refractivity contribution >= 4 is 23.5 Å². The molecule has 1 heterocycles. The number of carbonyl (C=O) groups excluding carboxylic acids is 1. The van der Waals surface area contributed by atoms with Crippen molar-refractivity contribution in [2.45, 2.75) is 71.3 Å². The van der Waals surface area contributed by atoms with E-state index in [9.17, 15) is 9.59 Å². The molecule has 1 fully saturated rings. The predicted octanol–water partition coefficient (Wildman–Crippen LogP) is 6.16. The number of anilines is 1. The number of aromatic carboxylic acids is 1. The fraction of sp³-hybridized carbons (Fsp3) is 0.484. The second kappa shape index (κ2) is 9.85. The van der Waals surface area contributed by atoms with Crippen molar-refractivity contribution in [2.75, 3.05) is 31.1 Å². The largest absolute Gasteiger partial charge is 0.478 e. The number of rotatable bonds is 6. The Morgan fingerprint density at radius 1 is 0.889 bits per heavy atom. The molecule has 0 saturated carbocycles. The van der Waals surface area contributed by atoms with E-state index in [1.165, 1.54) is 16.8 Å². The first-order valence-electron chi connectivity index (χ1n) is 13.1. The number of allylic oxidation sites excluding steroid dienone is 1. The van der Waals surface area contributed by atoms with Crippen molar-refractivity contribution in [3.8, 4) is 0 Å². The molecule has 192 valence electrons. The van der Waals surface area contributed by atoms with Crippen LogP contribution in [0.1, 0.15) is 91.8 Å². The third-order valence-corrected chi connectivity index (χ3v) is 8.15. The quantitative estimate of drug-likeness (QED) is 0.390. The first-order chi connectivity index (χ1) is 16.9. The van der Waals surface area contributed by atoms with Crippen LogP contribution in [0.25, 0.3) is 6.08 Å². The molecule has 0 radical (unpaired) electrons. The summed E-state index contributed by atoms with van der Waals surface area (Å²) in [5.74, 6) is -0.982. The molecular formula is C31H40N2O3. The van der Waals surface area contributed by atoms with Crippen LogP contribution in [0.15, 0.2) is 42.5 Å². The summed E-state index contributed by atoms with van der Waals surface area (Å²) in [4.78, 5) is 29.5. The molecule has 4 rings (SSSR count). The number of nitrogens with zero attached hydrogens (tertiary/aromatic N) is 2. The van der Waals surface area contributed by atoms with Gasteiger partial charge in [-0.1, -0.05) is 45.9 Å². The number of fused-ring (bicyclic) bond motifs is 1. The molecule has 36 heavy (non-hydrogen) atoms. The van der Waals surface area contributed by atoms with Crippen molar-refractivity contribution < 1.29 is 14.7 Å². The Bertz CT molecular complexity index is 1170. The lowest BCUT2D eigenvalue weighted by Crippen LogP contribution is -2.50. The zero-order valence-electron chi connectivity index (χ0n) is 22.6. The van der Waals surface area contributed by atoms with Crippen molar-refractivity contribution in [1.82, 2.24) is 4.90 Å². The Balaban J connectivity index is 1.71. The molecule has 5 nitrogen and oxygen atoms in total. The maximum atomic E-state index is 13.4. The van der Waals surface area contributed by atoms with Gasteiger partial charge in [-0.2, -0.15) is 0 Å². The van der Waals surface area contributed by atoms with Crippen LogP contribution in [-0.2, 0) is 10.8 Å². The summed E-state index contributed by atoms with van der Waals surface area (Å²) < 4.78 is 0. The summed E-state index contributed by atoms with van der Waals surface area (Å²) in [5, 5.41) is 9.11. The lowest BCUT2D eigenvalue weighted by atomic mass is 9.62. The highest BCUT2D eigenvalue weighted by molar-refractivity contribution is 6.07. The van der Waals surface area contributed by atoms with Gasteiger partial charge in [-0.25, -0.2) is 4.79 Å². The molecule has 1 aliphatic heterocycles. The van der Waals surface area contributed by atoms with Crippen LogP contribution >= 0.6 is 0 Å². The maximum Gasteiger partial charge on any atom is 0.335 e. The number of carboxylic acids is 1. The third-order valence-electron chi connectivity index (χ3n) is 8.15. The van der Waals surface area contributed by atoms with Gasteiger partial charge in [0.15, 0.2) is 5.78 Å². The number of ketones is 1. The highest BCUT2D eigenvalue weighted by Crippen LogP contribution is 2.50. The standard InChI is InChI=1S/C31H40N2O3/c1-21(2)32-15-17-33(18-16-32)26-20-24(19-25-28(26)31(5,6)14-13-30(25,3)4)27(34)12-9-22-7-10-23(11-8-22)29(35)36/h7-12,19-21H,13-18H2,1-6H3,(H,35,36)/b12-9+. The highest BCUT2D eigenvalue weighted by Gasteiger charge is 2.40. The molecule has 1 saturated heterocycles. The summed E-state index contributed by atoms with van der Waals surface area (Å²) in [7, 11) is 0. The summed E-state index contributed by atoms with van der Waals surface area (Å²) in [6.45, 7) is 17.8. The van der Waals surface area contributed by atoms with E-state index in [0.717, 1.165) is 50.1 Å². The smallest absolute Gasteiger partial charge is 0.335 e. The molecule has 0 unspecified atom stereocenters.